The number of benzene rings is 2. The molecule has 0 spiro atoms. The molecule has 2 aromatic rings. The number of aliphatic carboxylic acids is 1. The molecular formula is C27H31N3O5. The highest BCUT2D eigenvalue weighted by molar-refractivity contribution is 5.89. The summed E-state index contributed by atoms with van der Waals surface area (Å²) in [6, 6.07) is 15.0. The molecule has 3 fully saturated rings. The lowest BCUT2D eigenvalue weighted by molar-refractivity contribution is -0.140. The van der Waals surface area contributed by atoms with Gasteiger partial charge in [-0.25, -0.2) is 4.79 Å². The number of likely N-dealkylation sites (N-methyl/N-ethyl adjacent to an activating group) is 1. The van der Waals surface area contributed by atoms with Gasteiger partial charge < -0.3 is 25.4 Å². The number of amides is 2. The molecule has 4 aliphatic rings. The fourth-order valence-electron chi connectivity index (χ4n) is 6.08. The highest BCUT2D eigenvalue weighted by Crippen LogP contribution is 2.44. The molecule has 184 valence electrons. The van der Waals surface area contributed by atoms with Gasteiger partial charge in [0.2, 0.25) is 5.91 Å². The zero-order chi connectivity index (χ0) is 24.5. The van der Waals surface area contributed by atoms with Gasteiger partial charge in [-0.1, -0.05) is 48.5 Å². The molecule has 1 saturated carbocycles. The highest BCUT2D eigenvalue weighted by Gasteiger charge is 2.40. The van der Waals surface area contributed by atoms with E-state index in [0.717, 1.165) is 48.1 Å². The third-order valence-corrected chi connectivity index (χ3v) is 7.69. The molecule has 2 saturated heterocycles. The minimum absolute atomic E-state index is 0.0411. The van der Waals surface area contributed by atoms with Crippen molar-refractivity contribution in [3.63, 3.8) is 0 Å². The first-order valence-electron chi connectivity index (χ1n) is 12.2. The van der Waals surface area contributed by atoms with E-state index in [2.05, 4.69) is 34.7 Å². The lowest BCUT2D eigenvalue weighted by atomic mass is 9.77. The van der Waals surface area contributed by atoms with Crippen molar-refractivity contribution in [1.29, 1.82) is 0 Å². The maximum Gasteiger partial charge on any atom is 0.407 e. The number of nitrogens with one attached hydrogen (secondary N) is 2. The summed E-state index contributed by atoms with van der Waals surface area (Å²) in [5.41, 5.74) is 4.40. The first-order chi connectivity index (χ1) is 16.9. The van der Waals surface area contributed by atoms with Gasteiger partial charge >= 0.3 is 12.1 Å². The quantitative estimate of drug-likeness (QED) is 0.566. The van der Waals surface area contributed by atoms with Crippen LogP contribution in [-0.2, 0) is 14.3 Å². The van der Waals surface area contributed by atoms with Gasteiger partial charge in [0.15, 0.2) is 0 Å². The third-order valence-electron chi connectivity index (χ3n) is 7.69. The minimum Gasteiger partial charge on any atom is -0.481 e. The molecule has 8 nitrogen and oxygen atoms in total. The van der Waals surface area contributed by atoms with E-state index in [1.807, 2.05) is 36.4 Å². The highest BCUT2D eigenvalue weighted by atomic mass is 16.5. The molecule has 0 radical (unpaired) electrons. The zero-order valence-electron chi connectivity index (χ0n) is 19.8. The summed E-state index contributed by atoms with van der Waals surface area (Å²) in [6.45, 7) is 1.12. The number of carboxylic acid groups (broad SMARTS) is 1. The Morgan fingerprint density at radius 1 is 1.06 bits per heavy atom. The maximum absolute atomic E-state index is 13.0. The number of ether oxygens (including phenoxy) is 1. The van der Waals surface area contributed by atoms with Crippen molar-refractivity contribution >= 4 is 18.0 Å². The number of fused-ring (bicyclic) bond motifs is 6. The number of nitrogens with zero attached hydrogens (tertiary/aromatic N) is 1. The largest absolute Gasteiger partial charge is 0.481 e. The lowest BCUT2D eigenvalue weighted by Gasteiger charge is -2.48. The molecule has 35 heavy (non-hydrogen) atoms. The van der Waals surface area contributed by atoms with E-state index in [4.69, 9.17) is 4.74 Å². The maximum atomic E-state index is 13.0. The van der Waals surface area contributed by atoms with E-state index >= 15 is 0 Å². The second kappa shape index (κ2) is 9.70. The number of hydrogen-bond acceptors (Lipinski definition) is 5. The van der Waals surface area contributed by atoms with Crippen LogP contribution in [0, 0.1) is 5.92 Å². The van der Waals surface area contributed by atoms with E-state index in [1.165, 1.54) is 0 Å². The van der Waals surface area contributed by atoms with Crippen LogP contribution < -0.4 is 10.6 Å². The Morgan fingerprint density at radius 3 is 2.31 bits per heavy atom. The Balaban J connectivity index is 1.23. The SMILES string of the molecule is CN1CC2CCC1C(NC(=O)C(CC(=O)O)NC(=O)OCC1c3ccccc3-c3ccccc31)C2. The molecule has 4 atom stereocenters. The number of rotatable bonds is 7. The molecule has 3 N–H and O–H groups in total. The standard InChI is InChI=1S/C27H31N3O5/c1-30-14-16-10-11-24(30)22(12-16)28-26(33)23(13-25(31)32)29-27(34)35-15-21-19-8-4-2-6-17(19)18-7-3-5-9-20(18)21/h2-9,16,21-24H,10-15H2,1H3,(H,28,33)(H,29,34)(H,31,32). The Labute approximate surface area is 204 Å². The third kappa shape index (κ3) is 4.75. The average Bonchev–Trinajstić information content (AvgIpc) is 3.16. The van der Waals surface area contributed by atoms with E-state index in [9.17, 15) is 19.5 Å². The van der Waals surface area contributed by atoms with Gasteiger partial charge in [-0.2, -0.15) is 0 Å². The predicted molar refractivity (Wildman–Crippen MR) is 130 cm³/mol. The summed E-state index contributed by atoms with van der Waals surface area (Å²) in [4.78, 5) is 39.4. The molecule has 2 amide bonds. The van der Waals surface area contributed by atoms with Crippen LogP contribution in [0.15, 0.2) is 48.5 Å². The smallest absolute Gasteiger partial charge is 0.407 e. The fraction of sp³-hybridized carbons (Fsp3) is 0.444. The first kappa shape index (κ1) is 23.4. The van der Waals surface area contributed by atoms with Crippen LogP contribution >= 0.6 is 0 Å². The number of piperidine rings is 2. The molecule has 2 aromatic carbocycles. The Morgan fingerprint density at radius 2 is 1.71 bits per heavy atom. The number of carbonyl (C=O) groups is 3. The Bertz CT molecular complexity index is 1090. The van der Waals surface area contributed by atoms with Crippen LogP contribution in [0.4, 0.5) is 4.79 Å². The number of carboxylic acids is 1. The van der Waals surface area contributed by atoms with Crippen molar-refractivity contribution in [2.75, 3.05) is 20.2 Å². The molecule has 6 rings (SSSR count). The summed E-state index contributed by atoms with van der Waals surface area (Å²) in [5.74, 6) is -1.23. The number of carbonyl (C=O) groups excluding carboxylic acids is 2. The molecule has 2 aliphatic carbocycles. The van der Waals surface area contributed by atoms with E-state index in [0.29, 0.717) is 5.92 Å². The van der Waals surface area contributed by atoms with Crippen molar-refractivity contribution in [1.82, 2.24) is 15.5 Å². The van der Waals surface area contributed by atoms with Gasteiger partial charge in [0, 0.05) is 24.5 Å². The van der Waals surface area contributed by atoms with E-state index < -0.39 is 30.4 Å². The molecule has 2 heterocycles. The molecule has 2 aliphatic heterocycles. The normalized spacial score (nSPS) is 23.7. The van der Waals surface area contributed by atoms with Crippen LogP contribution in [0.5, 0.6) is 0 Å². The monoisotopic (exact) mass is 477 g/mol. The van der Waals surface area contributed by atoms with Crippen molar-refractivity contribution in [2.24, 2.45) is 5.92 Å². The number of hydrogen-bond donors (Lipinski definition) is 3. The summed E-state index contributed by atoms with van der Waals surface area (Å²) in [5, 5.41) is 14.8. The van der Waals surface area contributed by atoms with Crippen LogP contribution in [0.1, 0.15) is 42.7 Å². The second-order valence-corrected chi connectivity index (χ2v) is 9.92. The Hall–Kier alpha value is -3.39. The molecule has 8 heteroatoms. The first-order valence-corrected chi connectivity index (χ1v) is 12.2. The summed E-state index contributed by atoms with van der Waals surface area (Å²) >= 11 is 0. The van der Waals surface area contributed by atoms with Gasteiger partial charge in [-0.3, -0.25) is 9.59 Å². The van der Waals surface area contributed by atoms with Gasteiger partial charge in [0.1, 0.15) is 12.6 Å². The summed E-state index contributed by atoms with van der Waals surface area (Å²) in [6.07, 6.45) is 1.74. The Kier molecular flexibility index (Phi) is 6.47. The van der Waals surface area contributed by atoms with Crippen molar-refractivity contribution in [3.8, 4) is 11.1 Å². The van der Waals surface area contributed by atoms with Crippen LogP contribution in [-0.4, -0.2) is 66.3 Å². The molecule has 2 bridgehead atoms. The summed E-state index contributed by atoms with van der Waals surface area (Å²) in [7, 11) is 2.05. The minimum atomic E-state index is -1.20. The van der Waals surface area contributed by atoms with Crippen molar-refractivity contribution < 1.29 is 24.2 Å². The number of alkyl carbamates (subject to hydrolysis) is 1. The van der Waals surface area contributed by atoms with E-state index in [-0.39, 0.29) is 24.6 Å². The molecule has 0 aromatic heterocycles. The predicted octanol–water partition coefficient (Wildman–Crippen LogP) is 2.97. The van der Waals surface area contributed by atoms with Crippen LogP contribution in [0.3, 0.4) is 0 Å². The second-order valence-electron chi connectivity index (χ2n) is 9.92. The van der Waals surface area contributed by atoms with E-state index in [1.54, 1.807) is 0 Å². The molecule has 4 unspecified atom stereocenters. The van der Waals surface area contributed by atoms with Gasteiger partial charge in [-0.05, 0) is 54.5 Å². The molecular weight excluding hydrogens is 446 g/mol. The average molecular weight is 478 g/mol. The van der Waals surface area contributed by atoms with Gasteiger partial charge in [0.05, 0.1) is 6.42 Å². The van der Waals surface area contributed by atoms with Crippen LogP contribution in [0.2, 0.25) is 0 Å². The van der Waals surface area contributed by atoms with Crippen LogP contribution in [0.25, 0.3) is 11.1 Å². The zero-order valence-corrected chi connectivity index (χ0v) is 19.8. The van der Waals surface area contributed by atoms with Gasteiger partial charge in [-0.15, -0.1) is 0 Å². The van der Waals surface area contributed by atoms with Crippen molar-refractivity contribution in [2.45, 2.75) is 49.7 Å². The lowest BCUT2D eigenvalue weighted by Crippen LogP contribution is -2.62. The fourth-order valence-corrected chi connectivity index (χ4v) is 6.08. The summed E-state index contributed by atoms with van der Waals surface area (Å²) < 4.78 is 5.53. The van der Waals surface area contributed by atoms with Crippen molar-refractivity contribution in [3.05, 3.63) is 59.7 Å². The van der Waals surface area contributed by atoms with Gasteiger partial charge in [0.25, 0.3) is 0 Å². The topological polar surface area (TPSA) is 108 Å².